The van der Waals surface area contributed by atoms with Crippen LogP contribution in [0.3, 0.4) is 0 Å². The first-order valence-corrected chi connectivity index (χ1v) is 12.2. The summed E-state index contributed by atoms with van der Waals surface area (Å²) in [7, 11) is -0.353. The second kappa shape index (κ2) is 10.4. The van der Waals surface area contributed by atoms with E-state index in [2.05, 4.69) is 20.3 Å². The van der Waals surface area contributed by atoms with E-state index in [1.54, 1.807) is 0 Å². The standard InChI is InChI=1S/C19H28N6O6S/c1-3-4-12(26)24-10(19(29)30)5-6-32(2)7-11-14(27)15(28)18(31-11)25-9-23-13-16(20)21-8-22-17(13)25/h8-11,14-15,18,27-28H,3-7H2,1-2H3,(H3-,20,21,22,24,26,29,30)/t10-,11+,14+,15+,18+,32?/m0/s1. The Balaban J connectivity index is 1.60. The van der Waals surface area contributed by atoms with Gasteiger partial charge in [-0.05, 0) is 17.3 Å². The SMILES string of the molecule is CCCC(=O)N[C@@H](CC[S+](C)C[C@H]1O[C@@H](n2cnc3c(N)ncnc32)[C@H](O)[C@@H]1O)C(=O)[O-]. The van der Waals surface area contributed by atoms with Crippen LogP contribution in [0.15, 0.2) is 12.7 Å². The Kier molecular flexibility index (Phi) is 7.87. The van der Waals surface area contributed by atoms with Crippen LogP contribution in [0.2, 0.25) is 0 Å². The molecule has 1 aliphatic rings. The van der Waals surface area contributed by atoms with Crippen molar-refractivity contribution in [3.05, 3.63) is 12.7 Å². The monoisotopic (exact) mass is 468 g/mol. The Morgan fingerprint density at radius 2 is 2.09 bits per heavy atom. The summed E-state index contributed by atoms with van der Waals surface area (Å²) in [6, 6.07) is -1.07. The van der Waals surface area contributed by atoms with E-state index in [4.69, 9.17) is 10.5 Å². The number of ether oxygens (including phenoxy) is 1. The van der Waals surface area contributed by atoms with Gasteiger partial charge in [0.1, 0.15) is 41.7 Å². The number of nitrogen functional groups attached to an aromatic ring is 1. The van der Waals surface area contributed by atoms with Gasteiger partial charge in [-0.15, -0.1) is 0 Å². The Bertz CT molecular complexity index is 958. The van der Waals surface area contributed by atoms with Gasteiger partial charge in [0.15, 0.2) is 17.7 Å². The summed E-state index contributed by atoms with van der Waals surface area (Å²) in [6.45, 7) is 1.83. The van der Waals surface area contributed by atoms with Crippen LogP contribution >= 0.6 is 0 Å². The van der Waals surface area contributed by atoms with Crippen LogP contribution in [-0.4, -0.2) is 83.7 Å². The summed E-state index contributed by atoms with van der Waals surface area (Å²) < 4.78 is 7.43. The summed E-state index contributed by atoms with van der Waals surface area (Å²) in [4.78, 5) is 35.2. The van der Waals surface area contributed by atoms with Crippen LogP contribution in [0.5, 0.6) is 0 Å². The lowest BCUT2D eigenvalue weighted by Crippen LogP contribution is -2.48. The first-order valence-electron chi connectivity index (χ1n) is 10.3. The minimum atomic E-state index is -1.33. The zero-order chi connectivity index (χ0) is 23.4. The number of fused-ring (bicyclic) bond motifs is 1. The van der Waals surface area contributed by atoms with Crippen molar-refractivity contribution in [3.8, 4) is 0 Å². The number of hydrogen-bond donors (Lipinski definition) is 4. The second-order valence-electron chi connectivity index (χ2n) is 7.76. The van der Waals surface area contributed by atoms with Crippen molar-refractivity contribution < 1.29 is 29.6 Å². The molecule has 3 heterocycles. The van der Waals surface area contributed by atoms with E-state index in [1.807, 2.05) is 13.2 Å². The van der Waals surface area contributed by atoms with Gasteiger partial charge in [-0.3, -0.25) is 9.36 Å². The highest BCUT2D eigenvalue weighted by Gasteiger charge is 2.46. The lowest BCUT2D eigenvalue weighted by molar-refractivity contribution is -0.308. The Labute approximate surface area is 187 Å². The number of carboxylic acid groups (broad SMARTS) is 1. The number of aliphatic hydroxyl groups excluding tert-OH is 2. The Morgan fingerprint density at radius 3 is 2.78 bits per heavy atom. The molecule has 0 saturated carbocycles. The summed E-state index contributed by atoms with van der Waals surface area (Å²) in [5.74, 6) is -0.568. The van der Waals surface area contributed by atoms with Gasteiger partial charge in [0, 0.05) is 12.8 Å². The molecule has 3 rings (SSSR count). The van der Waals surface area contributed by atoms with Crippen LogP contribution in [0, 0.1) is 0 Å². The molecule has 6 atom stereocenters. The minimum absolute atomic E-state index is 0.196. The van der Waals surface area contributed by atoms with Crippen molar-refractivity contribution in [3.63, 3.8) is 0 Å². The Hall–Kier alpha value is -2.48. The molecule has 1 amide bonds. The number of carbonyl (C=O) groups is 2. The maximum Gasteiger partial charge on any atom is 0.220 e. The lowest BCUT2D eigenvalue weighted by Gasteiger charge is -2.20. The summed E-state index contributed by atoms with van der Waals surface area (Å²) in [6.07, 6.45) is 1.76. The number of nitrogens with one attached hydrogen (secondary N) is 1. The summed E-state index contributed by atoms with van der Waals surface area (Å²) in [5, 5.41) is 34.9. The molecule has 1 aliphatic heterocycles. The number of aliphatic carboxylic acids is 1. The molecular weight excluding hydrogens is 440 g/mol. The van der Waals surface area contributed by atoms with Gasteiger partial charge in [0.25, 0.3) is 0 Å². The Morgan fingerprint density at radius 1 is 1.34 bits per heavy atom. The lowest BCUT2D eigenvalue weighted by atomic mass is 10.1. The fourth-order valence-corrected chi connectivity index (χ4v) is 5.22. The van der Waals surface area contributed by atoms with Crippen molar-refractivity contribution in [1.82, 2.24) is 24.8 Å². The quantitative estimate of drug-likeness (QED) is 0.276. The third-order valence-electron chi connectivity index (χ3n) is 5.30. The smallest absolute Gasteiger partial charge is 0.220 e. The van der Waals surface area contributed by atoms with E-state index in [1.165, 1.54) is 17.2 Å². The molecule has 0 aromatic carbocycles. The van der Waals surface area contributed by atoms with Gasteiger partial charge in [0.05, 0.1) is 24.6 Å². The molecule has 1 fully saturated rings. The fourth-order valence-electron chi connectivity index (χ4n) is 3.58. The van der Waals surface area contributed by atoms with Crippen molar-refractivity contribution in [1.29, 1.82) is 0 Å². The topological polar surface area (TPSA) is 189 Å². The van der Waals surface area contributed by atoms with Gasteiger partial charge in [-0.25, -0.2) is 15.0 Å². The highest BCUT2D eigenvalue weighted by atomic mass is 32.2. The van der Waals surface area contributed by atoms with E-state index in [9.17, 15) is 24.9 Å². The first kappa shape index (κ1) is 24.2. The zero-order valence-electron chi connectivity index (χ0n) is 17.9. The molecular formula is C19H28N6O6S. The maximum atomic E-state index is 11.7. The first-order chi connectivity index (χ1) is 15.2. The predicted octanol–water partition coefficient (Wildman–Crippen LogP) is -2.30. The fraction of sp³-hybridized carbons (Fsp3) is 0.632. The van der Waals surface area contributed by atoms with Crippen LogP contribution in [0.1, 0.15) is 32.4 Å². The number of rotatable bonds is 10. The third-order valence-corrected chi connectivity index (χ3v) is 7.13. The summed E-state index contributed by atoms with van der Waals surface area (Å²) >= 11 is 0. The van der Waals surface area contributed by atoms with Crippen LogP contribution in [0.4, 0.5) is 5.82 Å². The highest BCUT2D eigenvalue weighted by Crippen LogP contribution is 2.32. The van der Waals surface area contributed by atoms with E-state index in [-0.39, 0.29) is 35.5 Å². The van der Waals surface area contributed by atoms with Gasteiger partial charge in [-0.2, -0.15) is 0 Å². The third kappa shape index (κ3) is 5.28. The molecule has 0 spiro atoms. The number of carbonyl (C=O) groups excluding carboxylic acids is 2. The molecule has 12 nitrogen and oxygen atoms in total. The number of anilines is 1. The van der Waals surface area contributed by atoms with Crippen molar-refractivity contribution in [2.45, 2.75) is 56.8 Å². The number of amides is 1. The van der Waals surface area contributed by atoms with Gasteiger partial charge < -0.3 is 35.9 Å². The highest BCUT2D eigenvalue weighted by molar-refractivity contribution is 7.96. The molecule has 0 bridgehead atoms. The number of carboxylic acids is 1. The van der Waals surface area contributed by atoms with Gasteiger partial charge in [0.2, 0.25) is 5.91 Å². The van der Waals surface area contributed by atoms with Crippen molar-refractivity contribution in [2.24, 2.45) is 0 Å². The minimum Gasteiger partial charge on any atom is -0.548 e. The normalized spacial score (nSPS) is 25.0. The molecule has 2 aromatic rings. The molecule has 176 valence electrons. The molecule has 0 radical (unpaired) electrons. The average molecular weight is 469 g/mol. The summed E-state index contributed by atoms with van der Waals surface area (Å²) in [5.41, 5.74) is 6.55. The number of aliphatic hydroxyl groups is 2. The van der Waals surface area contributed by atoms with E-state index in [0.29, 0.717) is 29.1 Å². The molecule has 1 saturated heterocycles. The molecule has 5 N–H and O–H groups in total. The predicted molar refractivity (Wildman–Crippen MR) is 115 cm³/mol. The second-order valence-corrected chi connectivity index (χ2v) is 10.1. The van der Waals surface area contributed by atoms with Crippen molar-refractivity contribution in [2.75, 3.05) is 23.5 Å². The molecule has 0 aliphatic carbocycles. The molecule has 13 heteroatoms. The number of aromatic nitrogens is 4. The number of nitrogens with zero attached hydrogens (tertiary/aromatic N) is 4. The van der Waals surface area contributed by atoms with Crippen LogP contribution < -0.4 is 16.2 Å². The van der Waals surface area contributed by atoms with E-state index < -0.39 is 36.6 Å². The average Bonchev–Trinajstić information content (AvgIpc) is 3.28. The maximum absolute atomic E-state index is 11.7. The number of imidazole rings is 1. The number of hydrogen-bond acceptors (Lipinski definition) is 10. The van der Waals surface area contributed by atoms with E-state index >= 15 is 0 Å². The van der Waals surface area contributed by atoms with E-state index in [0.717, 1.165) is 0 Å². The molecule has 32 heavy (non-hydrogen) atoms. The van der Waals surface area contributed by atoms with Crippen LogP contribution in [0.25, 0.3) is 11.2 Å². The van der Waals surface area contributed by atoms with Crippen LogP contribution in [-0.2, 0) is 25.2 Å². The largest absolute Gasteiger partial charge is 0.548 e. The van der Waals surface area contributed by atoms with Gasteiger partial charge >= 0.3 is 0 Å². The van der Waals surface area contributed by atoms with Crippen molar-refractivity contribution >= 4 is 39.8 Å². The number of nitrogens with two attached hydrogens (primary N) is 1. The van der Waals surface area contributed by atoms with Gasteiger partial charge in [-0.1, -0.05) is 6.92 Å². The molecule has 1 unspecified atom stereocenters. The molecule has 2 aromatic heterocycles. The zero-order valence-corrected chi connectivity index (χ0v) is 18.7.